The number of amides is 1. The van der Waals surface area contributed by atoms with E-state index in [0.717, 1.165) is 11.4 Å². The molecule has 1 aromatic heterocycles. The molecule has 0 unspecified atom stereocenters. The van der Waals surface area contributed by atoms with Crippen LogP contribution >= 0.6 is 0 Å². The van der Waals surface area contributed by atoms with Gasteiger partial charge in [-0.2, -0.15) is 5.10 Å². The molecule has 1 atom stereocenters. The summed E-state index contributed by atoms with van der Waals surface area (Å²) in [7, 11) is 0. The van der Waals surface area contributed by atoms with E-state index in [1.54, 1.807) is 4.90 Å². The molecule has 1 aliphatic heterocycles. The fourth-order valence-corrected chi connectivity index (χ4v) is 2.12. The summed E-state index contributed by atoms with van der Waals surface area (Å²) in [5.74, 6) is -1.60. The molecule has 2 N–H and O–H groups in total. The molecule has 0 radical (unpaired) electrons. The van der Waals surface area contributed by atoms with Gasteiger partial charge in [0, 0.05) is 18.4 Å². The molecular formula is C13H19N3O3. The number of carbonyl (C=O) groups excluding carboxylic acids is 1. The van der Waals surface area contributed by atoms with E-state index >= 15 is 0 Å². The first kappa shape index (κ1) is 13.6. The average Bonchev–Trinajstić information content (AvgIpc) is 2.86. The van der Waals surface area contributed by atoms with Crippen molar-refractivity contribution in [2.45, 2.75) is 39.2 Å². The van der Waals surface area contributed by atoms with Gasteiger partial charge in [-0.1, -0.05) is 20.8 Å². The van der Waals surface area contributed by atoms with Crippen molar-refractivity contribution >= 4 is 11.9 Å². The number of carboxylic acids is 1. The van der Waals surface area contributed by atoms with Gasteiger partial charge in [-0.3, -0.25) is 14.7 Å². The van der Waals surface area contributed by atoms with Crippen molar-refractivity contribution in [3.63, 3.8) is 0 Å². The maximum Gasteiger partial charge on any atom is 0.308 e. The highest BCUT2D eigenvalue weighted by atomic mass is 16.4. The Hall–Kier alpha value is -1.85. The molecule has 0 aliphatic carbocycles. The fourth-order valence-electron chi connectivity index (χ4n) is 2.12. The Bertz CT molecular complexity index is 501. The fraction of sp³-hybridized carbons (Fsp3) is 0.615. The quantitative estimate of drug-likeness (QED) is 0.858. The number of aromatic amines is 1. The third-order valence-electron chi connectivity index (χ3n) is 3.32. The van der Waals surface area contributed by atoms with Crippen LogP contribution in [-0.2, 0) is 21.5 Å². The second-order valence-electron chi connectivity index (χ2n) is 6.04. The van der Waals surface area contributed by atoms with Gasteiger partial charge in [-0.15, -0.1) is 0 Å². The van der Waals surface area contributed by atoms with Crippen molar-refractivity contribution in [3.05, 3.63) is 17.5 Å². The van der Waals surface area contributed by atoms with Gasteiger partial charge in [-0.05, 0) is 6.07 Å². The van der Waals surface area contributed by atoms with Gasteiger partial charge < -0.3 is 10.0 Å². The summed E-state index contributed by atoms with van der Waals surface area (Å²) in [4.78, 5) is 24.2. The van der Waals surface area contributed by atoms with Crippen molar-refractivity contribution < 1.29 is 14.7 Å². The zero-order valence-corrected chi connectivity index (χ0v) is 11.4. The number of nitrogens with zero attached hydrogens (tertiary/aromatic N) is 2. The smallest absolute Gasteiger partial charge is 0.308 e. The zero-order chi connectivity index (χ0) is 14.2. The number of rotatable bonds is 3. The molecule has 0 saturated carbocycles. The van der Waals surface area contributed by atoms with E-state index in [1.165, 1.54) is 0 Å². The molecule has 0 spiro atoms. The van der Waals surface area contributed by atoms with Crippen LogP contribution in [-0.4, -0.2) is 38.6 Å². The third-order valence-corrected chi connectivity index (χ3v) is 3.32. The number of nitrogens with one attached hydrogen (secondary N) is 1. The van der Waals surface area contributed by atoms with Crippen molar-refractivity contribution in [2.24, 2.45) is 5.92 Å². The standard InChI is InChI=1S/C13H19N3O3/c1-13(2,3)10-5-9(14-15-10)7-16-6-8(12(18)19)4-11(16)17/h5,8H,4,6-7H2,1-3H3,(H,14,15)(H,18,19)/t8-/m1/s1. The van der Waals surface area contributed by atoms with Crippen LogP contribution in [0.15, 0.2) is 6.07 Å². The predicted molar refractivity (Wildman–Crippen MR) is 68.4 cm³/mol. The van der Waals surface area contributed by atoms with Gasteiger partial charge in [0.15, 0.2) is 0 Å². The number of likely N-dealkylation sites (tertiary alicyclic amines) is 1. The number of carboxylic acid groups (broad SMARTS) is 1. The van der Waals surface area contributed by atoms with Crippen LogP contribution in [0.25, 0.3) is 0 Å². The van der Waals surface area contributed by atoms with Crippen molar-refractivity contribution in [2.75, 3.05) is 6.54 Å². The summed E-state index contributed by atoms with van der Waals surface area (Å²) in [5.41, 5.74) is 1.72. The summed E-state index contributed by atoms with van der Waals surface area (Å²) in [5, 5.41) is 16.1. The predicted octanol–water partition coefficient (Wildman–Crippen LogP) is 1.14. The van der Waals surface area contributed by atoms with E-state index < -0.39 is 11.9 Å². The van der Waals surface area contributed by atoms with Gasteiger partial charge in [0.1, 0.15) is 0 Å². The monoisotopic (exact) mass is 265 g/mol. The maximum atomic E-state index is 11.7. The first-order valence-corrected chi connectivity index (χ1v) is 6.32. The van der Waals surface area contributed by atoms with Crippen LogP contribution in [0.3, 0.4) is 0 Å². The molecule has 1 fully saturated rings. The van der Waals surface area contributed by atoms with Crippen LogP contribution < -0.4 is 0 Å². The topological polar surface area (TPSA) is 86.3 Å². The van der Waals surface area contributed by atoms with E-state index in [-0.39, 0.29) is 24.3 Å². The highest BCUT2D eigenvalue weighted by Gasteiger charge is 2.34. The summed E-state index contributed by atoms with van der Waals surface area (Å²) in [6, 6.07) is 1.93. The van der Waals surface area contributed by atoms with Crippen LogP contribution in [0, 0.1) is 5.92 Å². The Morgan fingerprint density at radius 3 is 2.74 bits per heavy atom. The van der Waals surface area contributed by atoms with Crippen LogP contribution in [0.4, 0.5) is 0 Å². The van der Waals surface area contributed by atoms with Gasteiger partial charge in [0.2, 0.25) is 5.91 Å². The van der Waals surface area contributed by atoms with Gasteiger partial charge in [0.05, 0.1) is 23.9 Å². The van der Waals surface area contributed by atoms with E-state index in [1.807, 2.05) is 6.07 Å². The van der Waals surface area contributed by atoms with E-state index in [9.17, 15) is 9.59 Å². The maximum absolute atomic E-state index is 11.7. The minimum absolute atomic E-state index is 0.0482. The van der Waals surface area contributed by atoms with Crippen molar-refractivity contribution in [3.8, 4) is 0 Å². The van der Waals surface area contributed by atoms with Crippen molar-refractivity contribution in [1.29, 1.82) is 0 Å². The highest BCUT2D eigenvalue weighted by Crippen LogP contribution is 2.23. The third kappa shape index (κ3) is 2.94. The van der Waals surface area contributed by atoms with Crippen molar-refractivity contribution in [1.82, 2.24) is 15.1 Å². The average molecular weight is 265 g/mol. The lowest BCUT2D eigenvalue weighted by Crippen LogP contribution is -2.25. The molecule has 0 bridgehead atoms. The first-order valence-electron chi connectivity index (χ1n) is 6.32. The van der Waals surface area contributed by atoms with Gasteiger partial charge in [-0.25, -0.2) is 0 Å². The Morgan fingerprint density at radius 1 is 1.58 bits per heavy atom. The Kier molecular flexibility index (Phi) is 3.34. The second kappa shape index (κ2) is 4.68. The molecule has 1 aliphatic rings. The normalized spacial score (nSPS) is 20.1. The van der Waals surface area contributed by atoms with Crippen LogP contribution in [0.2, 0.25) is 0 Å². The molecule has 6 nitrogen and oxygen atoms in total. The SMILES string of the molecule is CC(C)(C)c1cc(CN2C[C@H](C(=O)O)CC2=O)[nH]n1. The minimum atomic E-state index is -0.907. The molecule has 104 valence electrons. The number of carbonyl (C=O) groups is 2. The summed E-state index contributed by atoms with van der Waals surface area (Å²) < 4.78 is 0. The molecule has 6 heteroatoms. The minimum Gasteiger partial charge on any atom is -0.481 e. The first-order chi connectivity index (χ1) is 8.77. The van der Waals surface area contributed by atoms with Crippen LogP contribution in [0.5, 0.6) is 0 Å². The molecule has 1 aromatic rings. The van der Waals surface area contributed by atoms with E-state index in [2.05, 4.69) is 31.0 Å². The number of hydrogen-bond acceptors (Lipinski definition) is 3. The van der Waals surface area contributed by atoms with Gasteiger partial charge in [0.25, 0.3) is 0 Å². The molecule has 19 heavy (non-hydrogen) atoms. The lowest BCUT2D eigenvalue weighted by molar-refractivity contribution is -0.141. The molecule has 0 aromatic carbocycles. The number of aromatic nitrogens is 2. The van der Waals surface area contributed by atoms with E-state index in [0.29, 0.717) is 6.54 Å². The zero-order valence-electron chi connectivity index (χ0n) is 11.4. The Labute approximate surface area is 111 Å². The lowest BCUT2D eigenvalue weighted by atomic mass is 9.92. The lowest BCUT2D eigenvalue weighted by Gasteiger charge is -2.15. The Morgan fingerprint density at radius 2 is 2.26 bits per heavy atom. The summed E-state index contributed by atoms with van der Waals surface area (Å²) in [6.07, 6.45) is 0.0929. The second-order valence-corrected chi connectivity index (χ2v) is 6.04. The molecular weight excluding hydrogens is 246 g/mol. The molecule has 1 saturated heterocycles. The number of hydrogen-bond donors (Lipinski definition) is 2. The van der Waals surface area contributed by atoms with Crippen LogP contribution in [0.1, 0.15) is 38.6 Å². The summed E-state index contributed by atoms with van der Waals surface area (Å²) >= 11 is 0. The number of H-pyrrole nitrogens is 1. The molecule has 2 heterocycles. The highest BCUT2D eigenvalue weighted by molar-refractivity contribution is 5.86. The molecule has 2 rings (SSSR count). The largest absolute Gasteiger partial charge is 0.481 e. The Balaban J connectivity index is 2.04. The van der Waals surface area contributed by atoms with E-state index in [4.69, 9.17) is 5.11 Å². The van der Waals surface area contributed by atoms with Gasteiger partial charge >= 0.3 is 5.97 Å². The number of aliphatic carboxylic acids is 1. The summed E-state index contributed by atoms with van der Waals surface area (Å²) in [6.45, 7) is 6.86. The molecule has 1 amide bonds.